The second-order valence-corrected chi connectivity index (χ2v) is 3.80. The summed E-state index contributed by atoms with van der Waals surface area (Å²) < 4.78 is 0. The molecule has 3 heteroatoms. The molecule has 0 saturated heterocycles. The van der Waals surface area contributed by atoms with E-state index in [2.05, 4.69) is 15.9 Å². The van der Waals surface area contributed by atoms with Crippen LogP contribution in [0.5, 0.6) is 5.75 Å². The normalized spacial score (nSPS) is 10.2. The summed E-state index contributed by atoms with van der Waals surface area (Å²) in [6.45, 7) is 0. The maximum Gasteiger partial charge on any atom is 0.120 e. The standard InChI is InChI=1S/C9H10BrClO/c10-5-1-2-7-3-4-8(11)6-9(7)12/h3-4,6,12H,1-2,5H2. The fraction of sp³-hybridized carbons (Fsp3) is 0.333. The van der Waals surface area contributed by atoms with E-state index in [1.807, 2.05) is 6.07 Å². The molecule has 0 aliphatic carbocycles. The van der Waals surface area contributed by atoms with Crippen LogP contribution in [-0.4, -0.2) is 10.4 Å². The van der Waals surface area contributed by atoms with E-state index < -0.39 is 0 Å². The van der Waals surface area contributed by atoms with Gasteiger partial charge in [0, 0.05) is 10.4 Å². The zero-order valence-corrected chi connectivity index (χ0v) is 8.90. The van der Waals surface area contributed by atoms with Crippen molar-refractivity contribution < 1.29 is 5.11 Å². The zero-order valence-electron chi connectivity index (χ0n) is 6.56. The van der Waals surface area contributed by atoms with Crippen LogP contribution in [-0.2, 0) is 6.42 Å². The molecule has 0 spiro atoms. The quantitative estimate of drug-likeness (QED) is 0.814. The fourth-order valence-electron chi connectivity index (χ4n) is 1.01. The molecule has 0 aliphatic heterocycles. The molecule has 0 aliphatic rings. The minimum absolute atomic E-state index is 0.295. The topological polar surface area (TPSA) is 20.2 Å². The summed E-state index contributed by atoms with van der Waals surface area (Å²) in [4.78, 5) is 0. The van der Waals surface area contributed by atoms with E-state index in [-0.39, 0.29) is 0 Å². The molecule has 0 aromatic heterocycles. The Morgan fingerprint density at radius 3 is 2.75 bits per heavy atom. The summed E-state index contributed by atoms with van der Waals surface area (Å²) in [7, 11) is 0. The molecule has 1 nitrogen and oxygen atoms in total. The van der Waals surface area contributed by atoms with E-state index in [1.165, 1.54) is 0 Å². The lowest BCUT2D eigenvalue weighted by atomic mass is 10.1. The fourth-order valence-corrected chi connectivity index (χ4v) is 1.45. The third kappa shape index (κ3) is 2.68. The third-order valence-corrected chi connectivity index (χ3v) is 2.42. The van der Waals surface area contributed by atoms with Gasteiger partial charge < -0.3 is 5.11 Å². The van der Waals surface area contributed by atoms with E-state index in [9.17, 15) is 5.11 Å². The Balaban J connectivity index is 2.72. The van der Waals surface area contributed by atoms with Gasteiger partial charge >= 0.3 is 0 Å². The van der Waals surface area contributed by atoms with Gasteiger partial charge in [0.05, 0.1) is 0 Å². The molecule has 1 N–H and O–H groups in total. The first-order valence-electron chi connectivity index (χ1n) is 3.77. The van der Waals surface area contributed by atoms with Crippen molar-refractivity contribution >= 4 is 27.5 Å². The summed E-state index contributed by atoms with van der Waals surface area (Å²) in [5.74, 6) is 0.295. The van der Waals surface area contributed by atoms with Crippen LogP contribution in [0, 0.1) is 0 Å². The van der Waals surface area contributed by atoms with Crippen molar-refractivity contribution in [2.45, 2.75) is 12.8 Å². The van der Waals surface area contributed by atoms with E-state index in [0.717, 1.165) is 23.7 Å². The Labute approximate surface area is 85.5 Å². The number of phenols is 1. The monoisotopic (exact) mass is 248 g/mol. The number of aryl methyl sites for hydroxylation is 1. The van der Waals surface area contributed by atoms with E-state index in [4.69, 9.17) is 11.6 Å². The Morgan fingerprint density at radius 1 is 1.42 bits per heavy atom. The summed E-state index contributed by atoms with van der Waals surface area (Å²) in [5.41, 5.74) is 0.957. The van der Waals surface area contributed by atoms with Crippen LogP contribution in [0.2, 0.25) is 5.02 Å². The lowest BCUT2D eigenvalue weighted by Crippen LogP contribution is -1.86. The average molecular weight is 250 g/mol. The first-order valence-corrected chi connectivity index (χ1v) is 5.27. The van der Waals surface area contributed by atoms with E-state index >= 15 is 0 Å². The van der Waals surface area contributed by atoms with Crippen LogP contribution in [0.1, 0.15) is 12.0 Å². The number of phenolic OH excluding ortho intramolecular Hbond substituents is 1. The summed E-state index contributed by atoms with van der Waals surface area (Å²) in [6, 6.07) is 5.23. The summed E-state index contributed by atoms with van der Waals surface area (Å²) in [6.07, 6.45) is 1.91. The predicted molar refractivity (Wildman–Crippen MR) is 55.2 cm³/mol. The SMILES string of the molecule is Oc1cc(Cl)ccc1CCCBr. The van der Waals surface area contributed by atoms with Crippen molar-refractivity contribution in [1.82, 2.24) is 0 Å². The van der Waals surface area contributed by atoms with Gasteiger partial charge in [-0.3, -0.25) is 0 Å². The van der Waals surface area contributed by atoms with Crippen molar-refractivity contribution in [3.63, 3.8) is 0 Å². The summed E-state index contributed by atoms with van der Waals surface area (Å²) in [5, 5.41) is 11.0. The Hall–Kier alpha value is -0.210. The van der Waals surface area contributed by atoms with E-state index in [0.29, 0.717) is 10.8 Å². The number of alkyl halides is 1. The molecule has 0 radical (unpaired) electrons. The Morgan fingerprint density at radius 2 is 2.17 bits per heavy atom. The number of hydrogen-bond acceptors (Lipinski definition) is 1. The number of halogens is 2. The molecule has 1 rings (SSSR count). The minimum Gasteiger partial charge on any atom is -0.508 e. The Kier molecular flexibility index (Phi) is 3.89. The molecule has 0 bridgehead atoms. The highest BCUT2D eigenvalue weighted by atomic mass is 79.9. The highest BCUT2D eigenvalue weighted by Gasteiger charge is 2.00. The second kappa shape index (κ2) is 4.73. The van der Waals surface area contributed by atoms with Crippen LogP contribution in [0.25, 0.3) is 0 Å². The molecule has 1 aromatic rings. The van der Waals surface area contributed by atoms with Crippen LogP contribution in [0.3, 0.4) is 0 Å². The highest BCUT2D eigenvalue weighted by molar-refractivity contribution is 9.09. The first-order chi connectivity index (χ1) is 5.74. The molecule has 66 valence electrons. The van der Waals surface area contributed by atoms with Crippen molar-refractivity contribution in [3.05, 3.63) is 28.8 Å². The first kappa shape index (κ1) is 9.87. The maximum atomic E-state index is 9.42. The third-order valence-electron chi connectivity index (χ3n) is 1.63. The summed E-state index contributed by atoms with van der Waals surface area (Å²) >= 11 is 9.02. The van der Waals surface area contributed by atoms with Crippen LogP contribution in [0.15, 0.2) is 18.2 Å². The van der Waals surface area contributed by atoms with Gasteiger partial charge in [-0.2, -0.15) is 0 Å². The molecule has 0 fully saturated rings. The van der Waals surface area contributed by atoms with Crippen LogP contribution >= 0.6 is 27.5 Å². The Bertz CT molecular complexity index is 263. The van der Waals surface area contributed by atoms with Gasteiger partial charge in [0.1, 0.15) is 5.75 Å². The van der Waals surface area contributed by atoms with Gasteiger partial charge in [0.25, 0.3) is 0 Å². The average Bonchev–Trinajstić information content (AvgIpc) is 2.03. The van der Waals surface area contributed by atoms with Gasteiger partial charge in [-0.05, 0) is 30.5 Å². The highest BCUT2D eigenvalue weighted by Crippen LogP contribution is 2.22. The maximum absolute atomic E-state index is 9.42. The number of benzene rings is 1. The number of aromatic hydroxyl groups is 1. The lowest BCUT2D eigenvalue weighted by Gasteiger charge is -2.02. The smallest absolute Gasteiger partial charge is 0.120 e. The van der Waals surface area contributed by atoms with Crippen LogP contribution in [0.4, 0.5) is 0 Å². The van der Waals surface area contributed by atoms with Crippen molar-refractivity contribution in [2.75, 3.05) is 5.33 Å². The molecule has 0 heterocycles. The molecule has 0 unspecified atom stereocenters. The molecular weight excluding hydrogens is 239 g/mol. The van der Waals surface area contributed by atoms with E-state index in [1.54, 1.807) is 12.1 Å². The predicted octanol–water partition coefficient (Wildman–Crippen LogP) is 3.37. The number of rotatable bonds is 3. The second-order valence-electron chi connectivity index (χ2n) is 2.57. The van der Waals surface area contributed by atoms with Gasteiger partial charge in [-0.25, -0.2) is 0 Å². The molecule has 0 amide bonds. The van der Waals surface area contributed by atoms with Crippen molar-refractivity contribution in [3.8, 4) is 5.75 Å². The minimum atomic E-state index is 0.295. The molecular formula is C9H10BrClO. The zero-order chi connectivity index (χ0) is 8.97. The van der Waals surface area contributed by atoms with Gasteiger partial charge in [-0.15, -0.1) is 0 Å². The molecule has 0 atom stereocenters. The van der Waals surface area contributed by atoms with Crippen molar-refractivity contribution in [1.29, 1.82) is 0 Å². The van der Waals surface area contributed by atoms with Crippen molar-refractivity contribution in [2.24, 2.45) is 0 Å². The van der Waals surface area contributed by atoms with Crippen LogP contribution < -0.4 is 0 Å². The molecule has 12 heavy (non-hydrogen) atoms. The molecule has 0 saturated carbocycles. The number of hydrogen-bond donors (Lipinski definition) is 1. The molecule has 1 aromatic carbocycles. The largest absolute Gasteiger partial charge is 0.508 e. The van der Waals surface area contributed by atoms with Gasteiger partial charge in [0.15, 0.2) is 0 Å². The van der Waals surface area contributed by atoms with Gasteiger partial charge in [-0.1, -0.05) is 33.6 Å². The lowest BCUT2D eigenvalue weighted by molar-refractivity contribution is 0.468. The van der Waals surface area contributed by atoms with Gasteiger partial charge in [0.2, 0.25) is 0 Å².